The van der Waals surface area contributed by atoms with Gasteiger partial charge in [0.05, 0.1) is 5.69 Å². The van der Waals surface area contributed by atoms with E-state index in [2.05, 4.69) is 190 Å². The molecule has 54 heavy (non-hydrogen) atoms. The Kier molecular flexibility index (Phi) is 6.39. The average molecular weight is 694 g/mol. The van der Waals surface area contributed by atoms with Crippen LogP contribution in [0.2, 0.25) is 0 Å². The van der Waals surface area contributed by atoms with E-state index in [4.69, 9.17) is 4.42 Å². The maximum Gasteiger partial charge on any atom is 0.159 e. The van der Waals surface area contributed by atoms with Crippen molar-refractivity contribution < 1.29 is 4.42 Å². The third-order valence-corrected chi connectivity index (χ3v) is 12.4. The standard InChI is InChI=1S/C52H39NO/c1-51(2)44-21-10-8-18-38(44)42-30-47-43(31-46(42)51)41-28-34-24-25-37(27-35(34)29-45(41)52(47,3)4)53(36-17-12-16-33(26-36)32-14-6-5-7-15-32)48-22-13-20-40-39-19-9-11-23-49(39)54-50(40)48/h5-31H,1-4H3. The number of furan rings is 1. The molecule has 0 amide bonds. The lowest BCUT2D eigenvalue weighted by atomic mass is 9.79. The highest BCUT2D eigenvalue weighted by Crippen LogP contribution is 2.56. The molecule has 2 aliphatic rings. The van der Waals surface area contributed by atoms with E-state index in [1.54, 1.807) is 0 Å². The van der Waals surface area contributed by atoms with Gasteiger partial charge in [-0.05, 0) is 127 Å². The van der Waals surface area contributed by atoms with Crippen molar-refractivity contribution in [2.75, 3.05) is 4.90 Å². The van der Waals surface area contributed by atoms with Crippen LogP contribution in [0.1, 0.15) is 49.9 Å². The molecule has 2 nitrogen and oxygen atoms in total. The number of benzene rings is 8. The van der Waals surface area contributed by atoms with Crippen LogP contribution in [0.3, 0.4) is 0 Å². The quantitative estimate of drug-likeness (QED) is 0.182. The molecule has 0 saturated heterocycles. The normalized spacial score (nSPS) is 14.6. The van der Waals surface area contributed by atoms with E-state index in [0.717, 1.165) is 39.0 Å². The van der Waals surface area contributed by atoms with Gasteiger partial charge in [0.2, 0.25) is 0 Å². The highest BCUT2D eigenvalue weighted by atomic mass is 16.3. The number of rotatable bonds is 4. The Balaban J connectivity index is 1.10. The molecule has 0 aliphatic heterocycles. The van der Waals surface area contributed by atoms with Crippen LogP contribution in [0.25, 0.3) is 66.1 Å². The first kappa shape index (κ1) is 31.2. The summed E-state index contributed by atoms with van der Waals surface area (Å²) >= 11 is 0. The van der Waals surface area contributed by atoms with Crippen molar-refractivity contribution in [1.29, 1.82) is 0 Å². The topological polar surface area (TPSA) is 16.4 Å². The number of fused-ring (bicyclic) bond motifs is 10. The summed E-state index contributed by atoms with van der Waals surface area (Å²) in [5, 5.41) is 4.71. The lowest BCUT2D eigenvalue weighted by Gasteiger charge is -2.27. The highest BCUT2D eigenvalue weighted by molar-refractivity contribution is 6.10. The fourth-order valence-electron chi connectivity index (χ4n) is 9.59. The summed E-state index contributed by atoms with van der Waals surface area (Å²) in [6, 6.07) is 60.1. The monoisotopic (exact) mass is 693 g/mol. The second-order valence-corrected chi connectivity index (χ2v) is 16.2. The molecule has 0 radical (unpaired) electrons. The van der Waals surface area contributed by atoms with Crippen molar-refractivity contribution in [3.05, 3.63) is 186 Å². The van der Waals surface area contributed by atoms with Gasteiger partial charge >= 0.3 is 0 Å². The van der Waals surface area contributed by atoms with E-state index < -0.39 is 0 Å². The summed E-state index contributed by atoms with van der Waals surface area (Å²) in [7, 11) is 0. The molecule has 0 bridgehead atoms. The Hall–Kier alpha value is -6.38. The Morgan fingerprint density at radius 3 is 1.89 bits per heavy atom. The number of anilines is 3. The van der Waals surface area contributed by atoms with Crippen molar-refractivity contribution in [1.82, 2.24) is 0 Å². The summed E-state index contributed by atoms with van der Waals surface area (Å²) in [5.41, 5.74) is 18.3. The Morgan fingerprint density at radius 2 is 1.04 bits per heavy atom. The van der Waals surface area contributed by atoms with Gasteiger partial charge in [0.1, 0.15) is 5.58 Å². The minimum Gasteiger partial charge on any atom is -0.454 e. The second kappa shape index (κ2) is 11.1. The second-order valence-electron chi connectivity index (χ2n) is 16.2. The maximum atomic E-state index is 6.66. The molecular formula is C52H39NO. The van der Waals surface area contributed by atoms with E-state index in [1.165, 1.54) is 66.4 Å². The average Bonchev–Trinajstić information content (AvgIpc) is 3.77. The van der Waals surface area contributed by atoms with E-state index in [9.17, 15) is 0 Å². The third-order valence-electron chi connectivity index (χ3n) is 12.4. The van der Waals surface area contributed by atoms with Crippen LogP contribution in [-0.4, -0.2) is 0 Å². The fraction of sp³-hybridized carbons (Fsp3) is 0.115. The first-order chi connectivity index (χ1) is 26.3. The molecular weight excluding hydrogens is 655 g/mol. The number of para-hydroxylation sites is 2. The molecule has 2 heteroatoms. The van der Waals surface area contributed by atoms with Gasteiger partial charge in [-0.25, -0.2) is 0 Å². The summed E-state index contributed by atoms with van der Waals surface area (Å²) in [5.74, 6) is 0. The van der Waals surface area contributed by atoms with Gasteiger partial charge in [0, 0.05) is 33.0 Å². The SMILES string of the molecule is CC1(C)c2ccccc2-c2cc3c(cc21)-c1cc2ccc(N(c4cccc(-c5ccccc5)c4)c4cccc5c4oc4ccccc45)cc2cc1C3(C)C. The first-order valence-corrected chi connectivity index (χ1v) is 19.0. The van der Waals surface area contributed by atoms with Crippen LogP contribution in [0.4, 0.5) is 17.1 Å². The zero-order valence-electron chi connectivity index (χ0n) is 30.9. The first-order valence-electron chi connectivity index (χ1n) is 19.0. The minimum atomic E-state index is -0.144. The van der Waals surface area contributed by atoms with Gasteiger partial charge in [-0.1, -0.05) is 131 Å². The highest BCUT2D eigenvalue weighted by Gasteiger charge is 2.41. The molecule has 9 aromatic rings. The van der Waals surface area contributed by atoms with Crippen molar-refractivity contribution in [2.45, 2.75) is 38.5 Å². The minimum absolute atomic E-state index is 0.0381. The van der Waals surface area contributed by atoms with Crippen molar-refractivity contribution in [3.63, 3.8) is 0 Å². The maximum absolute atomic E-state index is 6.66. The van der Waals surface area contributed by atoms with Gasteiger partial charge in [0.25, 0.3) is 0 Å². The third kappa shape index (κ3) is 4.34. The van der Waals surface area contributed by atoms with Crippen LogP contribution in [0.15, 0.2) is 168 Å². The van der Waals surface area contributed by atoms with Crippen molar-refractivity contribution in [2.24, 2.45) is 0 Å². The summed E-state index contributed by atoms with van der Waals surface area (Å²) in [4.78, 5) is 2.37. The fourth-order valence-corrected chi connectivity index (χ4v) is 9.59. The Bertz CT molecular complexity index is 3000. The van der Waals surface area contributed by atoms with Crippen LogP contribution >= 0.6 is 0 Å². The zero-order chi connectivity index (χ0) is 36.3. The number of hydrogen-bond acceptors (Lipinski definition) is 2. The molecule has 0 fully saturated rings. The van der Waals surface area contributed by atoms with Crippen LogP contribution in [0, 0.1) is 0 Å². The smallest absolute Gasteiger partial charge is 0.159 e. The molecule has 0 N–H and O–H groups in total. The van der Waals surface area contributed by atoms with Crippen LogP contribution in [-0.2, 0) is 10.8 Å². The van der Waals surface area contributed by atoms with Gasteiger partial charge < -0.3 is 9.32 Å². The lowest BCUT2D eigenvalue weighted by molar-refractivity contribution is 0.652. The van der Waals surface area contributed by atoms with E-state index in [-0.39, 0.29) is 10.8 Å². The Morgan fingerprint density at radius 1 is 0.407 bits per heavy atom. The molecule has 1 aromatic heterocycles. The molecule has 11 rings (SSSR count). The molecule has 2 aliphatic carbocycles. The summed E-state index contributed by atoms with van der Waals surface area (Å²) < 4.78 is 6.66. The predicted octanol–water partition coefficient (Wildman–Crippen LogP) is 14.5. The van der Waals surface area contributed by atoms with Crippen molar-refractivity contribution in [3.8, 4) is 33.4 Å². The van der Waals surface area contributed by atoms with E-state index in [0.29, 0.717) is 0 Å². The van der Waals surface area contributed by atoms with Crippen molar-refractivity contribution >= 4 is 49.8 Å². The number of hydrogen-bond donors (Lipinski definition) is 0. The molecule has 8 aromatic carbocycles. The lowest BCUT2D eigenvalue weighted by Crippen LogP contribution is -2.17. The summed E-state index contributed by atoms with van der Waals surface area (Å²) in [6.45, 7) is 9.55. The largest absolute Gasteiger partial charge is 0.454 e. The molecule has 1 heterocycles. The zero-order valence-corrected chi connectivity index (χ0v) is 30.9. The summed E-state index contributed by atoms with van der Waals surface area (Å²) in [6.07, 6.45) is 0. The number of nitrogens with zero attached hydrogens (tertiary/aromatic N) is 1. The molecule has 0 spiro atoms. The van der Waals surface area contributed by atoms with Crippen LogP contribution < -0.4 is 4.90 Å². The molecule has 258 valence electrons. The van der Waals surface area contributed by atoms with Gasteiger partial charge in [0.15, 0.2) is 5.58 Å². The van der Waals surface area contributed by atoms with Gasteiger partial charge in [-0.15, -0.1) is 0 Å². The predicted molar refractivity (Wildman–Crippen MR) is 226 cm³/mol. The Labute approximate surface area is 315 Å². The molecule has 0 unspecified atom stereocenters. The molecule has 0 atom stereocenters. The van der Waals surface area contributed by atoms with Crippen LogP contribution in [0.5, 0.6) is 0 Å². The van der Waals surface area contributed by atoms with E-state index in [1.807, 2.05) is 6.07 Å². The van der Waals surface area contributed by atoms with Gasteiger partial charge in [-0.2, -0.15) is 0 Å². The van der Waals surface area contributed by atoms with Gasteiger partial charge in [-0.3, -0.25) is 0 Å². The van der Waals surface area contributed by atoms with E-state index >= 15 is 0 Å². The molecule has 0 saturated carbocycles.